The van der Waals surface area contributed by atoms with Gasteiger partial charge in [0.25, 0.3) is 0 Å². The molecule has 0 unspecified atom stereocenters. The van der Waals surface area contributed by atoms with Crippen LogP contribution in [0.5, 0.6) is 0 Å². The molecule has 1 N–H and O–H groups in total. The molecule has 0 amide bonds. The molecule has 9 heavy (non-hydrogen) atoms. The Labute approximate surface area is 55.9 Å². The summed E-state index contributed by atoms with van der Waals surface area (Å²) >= 11 is 0. The summed E-state index contributed by atoms with van der Waals surface area (Å²) in [5.41, 5.74) is 0. The highest BCUT2D eigenvalue weighted by Crippen LogP contribution is 1.82. The Morgan fingerprint density at radius 2 is 2.44 bits per heavy atom. The number of hydrogen-bond donors (Lipinski definition) is 1. The molecule has 0 aliphatic heterocycles. The average Bonchev–Trinajstić information content (AvgIpc) is 1.63. The fourth-order valence-electron chi connectivity index (χ4n) is 0.447. The van der Waals surface area contributed by atoms with Gasteiger partial charge in [0, 0.05) is 7.97 Å². The third-order valence-electron chi connectivity index (χ3n) is 0.800. The summed E-state index contributed by atoms with van der Waals surface area (Å²) in [6.45, 7) is 3.46. The van der Waals surface area contributed by atoms with Crippen LogP contribution in [0.2, 0.25) is 0 Å². The van der Waals surface area contributed by atoms with Crippen LogP contribution in [-0.2, 0) is 4.79 Å². The summed E-state index contributed by atoms with van der Waals surface area (Å²) in [7, 11) is 0. The van der Waals surface area contributed by atoms with Crippen LogP contribution in [0.4, 0.5) is 4.39 Å². The van der Waals surface area contributed by atoms with Crippen LogP contribution in [0.3, 0.4) is 0 Å². The van der Waals surface area contributed by atoms with Crippen molar-refractivity contribution < 1.29 is 10.6 Å². The van der Waals surface area contributed by atoms with E-state index < -0.39 is 6.17 Å². The first-order chi connectivity index (χ1) is 4.13. The number of Topliss-reactive ketones (excluding diaryl/α,β-unsaturated/α-hetero) is 1. The quantitative estimate of drug-likeness (QED) is 0.617. The first-order valence-electron chi connectivity index (χ1n) is 2.97. The zero-order valence-corrected chi connectivity index (χ0v) is 5.78. The zero-order valence-electron chi connectivity index (χ0n) is 5.78. The Morgan fingerprint density at radius 1 is 1.89 bits per heavy atom. The van der Waals surface area contributed by atoms with E-state index in [1.54, 1.807) is 0 Å². The van der Waals surface area contributed by atoms with Gasteiger partial charge < -0.3 is 5.32 Å². The lowest BCUT2D eigenvalue weighted by Gasteiger charge is -2.00. The van der Waals surface area contributed by atoms with Gasteiger partial charge in [0.05, 0.1) is 6.54 Å². The highest BCUT2D eigenvalue weighted by molar-refractivity contribution is 5.77. The summed E-state index contributed by atoms with van der Waals surface area (Å²) in [6, 6.07) is 0. The van der Waals surface area contributed by atoms with E-state index in [1.165, 1.54) is 13.8 Å². The predicted octanol–water partition coefficient (Wildman–Crippen LogP) is 0.769. The maximum absolute atomic E-state index is 12.0. The van der Waals surface area contributed by atoms with Gasteiger partial charge in [-0.1, -0.05) is 0 Å². The molecule has 0 aliphatic rings. The van der Waals surface area contributed by atoms with Crippen LogP contribution in [0.1, 0.15) is 15.3 Å². The van der Waals surface area contributed by atoms with Gasteiger partial charge in [-0.05, 0) is 13.8 Å². The Kier molecular flexibility index (Phi) is 4.22. The lowest BCUT2D eigenvalue weighted by Crippen LogP contribution is -2.26. The molecular formula is C6H14FNO. The van der Waals surface area contributed by atoms with Crippen LogP contribution in [0, 0.1) is 0 Å². The van der Waals surface area contributed by atoms with Crippen molar-refractivity contribution in [2.24, 2.45) is 0 Å². The molecule has 0 fully saturated rings. The number of hydrogen-bond acceptors (Lipinski definition) is 2. The molecule has 3 heteroatoms. The highest BCUT2D eigenvalue weighted by Gasteiger charge is 1.96. The van der Waals surface area contributed by atoms with Crippen molar-refractivity contribution in [3.63, 3.8) is 0 Å². The number of carbonyl (C=O) groups excluding carboxylic acids is 1. The van der Waals surface area contributed by atoms with Crippen LogP contribution >= 0.6 is 0 Å². The molecule has 0 radical (unpaired) electrons. The third kappa shape index (κ3) is 7.56. The maximum Gasteiger partial charge on any atom is 0.143 e. The smallest absolute Gasteiger partial charge is 0.143 e. The monoisotopic (exact) mass is 135 g/mol. The van der Waals surface area contributed by atoms with Crippen LogP contribution < -0.4 is 5.32 Å². The molecule has 0 aromatic rings. The molecular weight excluding hydrogens is 121 g/mol. The zero-order chi connectivity index (χ0) is 7.28. The topological polar surface area (TPSA) is 29.1 Å². The van der Waals surface area contributed by atoms with Crippen LogP contribution in [0.15, 0.2) is 0 Å². The maximum atomic E-state index is 12.0. The van der Waals surface area contributed by atoms with Crippen molar-refractivity contribution in [2.75, 3.05) is 13.1 Å². The second kappa shape index (κ2) is 4.44. The molecule has 0 saturated heterocycles. The van der Waals surface area contributed by atoms with Crippen molar-refractivity contribution in [3.05, 3.63) is 0 Å². The van der Waals surface area contributed by atoms with Gasteiger partial charge in [0.15, 0.2) is 0 Å². The van der Waals surface area contributed by atoms with Crippen molar-refractivity contribution in [1.82, 2.24) is 5.32 Å². The summed E-state index contributed by atoms with van der Waals surface area (Å²) in [4.78, 5) is 10.2. The number of ketones is 1. The summed E-state index contributed by atoms with van der Waals surface area (Å²) in [5, 5.41) is 2.66. The number of rotatable bonds is 4. The lowest BCUT2D eigenvalue weighted by molar-refractivity contribution is -0.116. The molecule has 0 rings (SSSR count). The first-order valence-corrected chi connectivity index (χ1v) is 2.97. The second-order valence-corrected chi connectivity index (χ2v) is 2.11. The van der Waals surface area contributed by atoms with Gasteiger partial charge in [-0.15, -0.1) is 0 Å². The minimum atomic E-state index is -0.871. The molecule has 0 aromatic carbocycles. The first kappa shape index (κ1) is 8.56. The van der Waals surface area contributed by atoms with Crippen molar-refractivity contribution in [3.8, 4) is 0 Å². The normalized spacial score (nSPS) is 13.2. The fraction of sp³-hybridized carbons (Fsp3) is 0.833. The molecule has 0 heterocycles. The standard InChI is InChI=1S/C6H12FNO.H2/c1-5(7)3-8-4-6(2)9;/h5,8H,3-4H2,1-2H3;1H/t5-;/m1./s1. The molecule has 0 aromatic heterocycles. The minimum Gasteiger partial charge on any atom is -0.307 e. The van der Waals surface area contributed by atoms with Crippen LogP contribution in [0.25, 0.3) is 0 Å². The Morgan fingerprint density at radius 3 is 2.78 bits per heavy atom. The predicted molar refractivity (Wildman–Crippen MR) is 36.2 cm³/mol. The van der Waals surface area contributed by atoms with Crippen LogP contribution in [-0.4, -0.2) is 25.0 Å². The highest BCUT2D eigenvalue weighted by atomic mass is 19.1. The molecule has 0 bridgehead atoms. The molecule has 0 saturated carbocycles. The van der Waals surface area contributed by atoms with E-state index in [-0.39, 0.29) is 20.3 Å². The van der Waals surface area contributed by atoms with E-state index in [4.69, 9.17) is 0 Å². The number of nitrogens with one attached hydrogen (secondary N) is 1. The molecule has 1 atom stereocenters. The summed E-state index contributed by atoms with van der Waals surface area (Å²) in [6.07, 6.45) is -0.871. The third-order valence-corrected chi connectivity index (χ3v) is 0.800. The molecule has 2 nitrogen and oxygen atoms in total. The number of alkyl halides is 1. The Balaban J connectivity index is 0. The number of halogens is 1. The van der Waals surface area contributed by atoms with Gasteiger partial charge >= 0.3 is 0 Å². The Hall–Kier alpha value is -0.440. The van der Waals surface area contributed by atoms with E-state index in [1.807, 2.05) is 0 Å². The lowest BCUT2D eigenvalue weighted by atomic mass is 10.4. The summed E-state index contributed by atoms with van der Waals surface area (Å²) < 4.78 is 12.0. The van der Waals surface area contributed by atoms with E-state index in [0.717, 1.165) is 0 Å². The second-order valence-electron chi connectivity index (χ2n) is 2.11. The largest absolute Gasteiger partial charge is 0.307 e. The van der Waals surface area contributed by atoms with Gasteiger partial charge in [-0.25, -0.2) is 4.39 Å². The molecule has 0 spiro atoms. The molecule has 0 aliphatic carbocycles. The van der Waals surface area contributed by atoms with Crippen molar-refractivity contribution >= 4 is 5.78 Å². The number of carbonyl (C=O) groups is 1. The summed E-state index contributed by atoms with van der Waals surface area (Å²) in [5.74, 6) is 0.0376. The average molecular weight is 135 g/mol. The van der Waals surface area contributed by atoms with Crippen molar-refractivity contribution in [1.29, 1.82) is 0 Å². The van der Waals surface area contributed by atoms with E-state index >= 15 is 0 Å². The SMILES string of the molecule is CC(=O)CNC[C@@H](C)F.[HH]. The van der Waals surface area contributed by atoms with Gasteiger partial charge in [0.2, 0.25) is 0 Å². The van der Waals surface area contributed by atoms with E-state index in [2.05, 4.69) is 5.32 Å². The van der Waals surface area contributed by atoms with Crippen molar-refractivity contribution in [2.45, 2.75) is 20.0 Å². The fourth-order valence-corrected chi connectivity index (χ4v) is 0.447. The van der Waals surface area contributed by atoms with E-state index in [0.29, 0.717) is 0 Å². The molecule has 56 valence electrons. The van der Waals surface area contributed by atoms with E-state index in [9.17, 15) is 9.18 Å². The minimum absolute atomic E-state index is 0. The Bertz CT molecular complexity index is 97.7. The van der Waals surface area contributed by atoms with Gasteiger partial charge in [0.1, 0.15) is 12.0 Å². The van der Waals surface area contributed by atoms with Gasteiger partial charge in [-0.2, -0.15) is 0 Å². The van der Waals surface area contributed by atoms with Gasteiger partial charge in [-0.3, -0.25) is 4.79 Å².